The van der Waals surface area contributed by atoms with Crippen LogP contribution in [0.25, 0.3) is 5.52 Å². The lowest BCUT2D eigenvalue weighted by Crippen LogP contribution is -2.27. The molecule has 0 aliphatic heterocycles. The predicted octanol–water partition coefficient (Wildman–Crippen LogP) is 0.617. The van der Waals surface area contributed by atoms with Gasteiger partial charge in [-0.25, -0.2) is 18.8 Å². The number of rotatable bonds is 0. The number of aryl methyl sites for hydroxylation is 1. The summed E-state index contributed by atoms with van der Waals surface area (Å²) in [6.07, 6.45) is 1.62. The Kier molecular flexibility index (Phi) is 2.91. The second-order valence-corrected chi connectivity index (χ2v) is 2.42. The molecule has 0 radical (unpaired) electrons. The Labute approximate surface area is 80.2 Å². The minimum absolute atomic E-state index is 0.358. The lowest BCUT2D eigenvalue weighted by Gasteiger charge is -1.98. The van der Waals surface area contributed by atoms with Crippen molar-refractivity contribution in [1.29, 1.82) is 0 Å². The molecule has 0 amide bonds. The highest BCUT2D eigenvalue weighted by atomic mass is 16.4. The minimum atomic E-state index is -0.663. The van der Waals surface area contributed by atoms with Crippen LogP contribution in [-0.2, 0) is 7.05 Å². The van der Waals surface area contributed by atoms with Crippen molar-refractivity contribution in [3.63, 3.8) is 0 Å². The summed E-state index contributed by atoms with van der Waals surface area (Å²) in [7, 11) is 1.53. The van der Waals surface area contributed by atoms with Crippen LogP contribution in [-0.4, -0.2) is 9.20 Å². The second-order valence-electron chi connectivity index (χ2n) is 2.42. The van der Waals surface area contributed by atoms with Crippen molar-refractivity contribution in [2.24, 2.45) is 7.05 Å². The summed E-state index contributed by atoms with van der Waals surface area (Å²) >= 11 is 0. The van der Waals surface area contributed by atoms with Gasteiger partial charge in [0.25, 0.3) is 0 Å². The Bertz CT molecular complexity index is 533. The van der Waals surface area contributed by atoms with Gasteiger partial charge in [-0.05, 0) is 12.1 Å². The van der Waals surface area contributed by atoms with E-state index in [-0.39, 0.29) is 0 Å². The number of nitrogens with zero attached hydrogens (tertiary/aromatic N) is 2. The Morgan fingerprint density at radius 2 is 1.93 bits per heavy atom. The van der Waals surface area contributed by atoms with E-state index in [1.54, 1.807) is 18.3 Å². The van der Waals surface area contributed by atoms with E-state index in [4.69, 9.17) is 0 Å². The van der Waals surface area contributed by atoms with Gasteiger partial charge in [0.05, 0.1) is 0 Å². The molecule has 0 N–H and O–H groups in total. The molecule has 0 unspecified atom stereocenters. The molecule has 0 atom stereocenters. The molecule has 0 bridgehead atoms. The molecule has 76 valence electrons. The third-order valence-corrected chi connectivity index (χ3v) is 1.70. The normalized spacial score (nSPS) is 9.64. The number of aromatic nitrogens is 2. The van der Waals surface area contributed by atoms with Crippen molar-refractivity contribution in [2.45, 2.75) is 13.8 Å². The minimum Gasteiger partial charge on any atom is -0.370 e. The molecule has 0 fully saturated rings. The van der Waals surface area contributed by atoms with Crippen molar-refractivity contribution in [3.8, 4) is 0 Å². The zero-order valence-corrected chi connectivity index (χ0v) is 8.35. The Morgan fingerprint density at radius 3 is 2.57 bits per heavy atom. The van der Waals surface area contributed by atoms with Gasteiger partial charge in [0.2, 0.25) is 0 Å². The first-order chi connectivity index (χ1) is 6.70. The molecule has 0 aliphatic rings. The molecule has 2 aromatic heterocycles. The van der Waals surface area contributed by atoms with Crippen molar-refractivity contribution in [3.05, 3.63) is 39.3 Å². The highest BCUT2D eigenvalue weighted by Crippen LogP contribution is 1.93. The molecule has 2 rings (SSSR count). The first kappa shape index (κ1) is 10.3. The van der Waals surface area contributed by atoms with E-state index in [0.29, 0.717) is 5.52 Å². The molecule has 2 aromatic rings. The third-order valence-electron chi connectivity index (χ3n) is 1.70. The van der Waals surface area contributed by atoms with Gasteiger partial charge in [-0.1, -0.05) is 13.8 Å². The molecule has 0 aromatic carbocycles. The summed E-state index contributed by atoms with van der Waals surface area (Å²) in [5.41, 5.74) is -0.250. The van der Waals surface area contributed by atoms with Crippen LogP contribution in [0.1, 0.15) is 13.8 Å². The average Bonchev–Trinajstić information content (AvgIpc) is 2.67. The SMILES string of the molecule is CC.Cn1c(=O)oc(=O)c2cccn21. The van der Waals surface area contributed by atoms with E-state index < -0.39 is 11.4 Å². The van der Waals surface area contributed by atoms with E-state index in [0.717, 1.165) is 0 Å². The van der Waals surface area contributed by atoms with Gasteiger partial charge < -0.3 is 4.42 Å². The summed E-state index contributed by atoms with van der Waals surface area (Å²) in [4.78, 5) is 21.9. The van der Waals surface area contributed by atoms with Crippen molar-refractivity contribution in [2.75, 3.05) is 0 Å². The van der Waals surface area contributed by atoms with Crippen LogP contribution in [0.3, 0.4) is 0 Å². The largest absolute Gasteiger partial charge is 0.436 e. The molecule has 0 aliphatic carbocycles. The molecule has 0 saturated heterocycles. The number of hydrogen-bond donors (Lipinski definition) is 0. The van der Waals surface area contributed by atoms with Gasteiger partial charge in [0.15, 0.2) is 0 Å². The molecule has 5 nitrogen and oxygen atoms in total. The first-order valence-electron chi connectivity index (χ1n) is 4.37. The zero-order valence-electron chi connectivity index (χ0n) is 8.35. The Morgan fingerprint density at radius 1 is 1.29 bits per heavy atom. The maximum absolute atomic E-state index is 11.0. The Balaban J connectivity index is 0.000000461. The van der Waals surface area contributed by atoms with Gasteiger partial charge in [-0.2, -0.15) is 0 Å². The van der Waals surface area contributed by atoms with Crippen molar-refractivity contribution in [1.82, 2.24) is 9.20 Å². The molecule has 0 saturated carbocycles. The summed E-state index contributed by atoms with van der Waals surface area (Å²) in [6.45, 7) is 4.00. The molecule has 5 heteroatoms. The van der Waals surface area contributed by atoms with Gasteiger partial charge >= 0.3 is 11.4 Å². The van der Waals surface area contributed by atoms with E-state index in [1.165, 1.54) is 16.2 Å². The van der Waals surface area contributed by atoms with E-state index >= 15 is 0 Å². The smallest absolute Gasteiger partial charge is 0.370 e. The molecular weight excluding hydrogens is 184 g/mol. The molecule has 14 heavy (non-hydrogen) atoms. The van der Waals surface area contributed by atoms with E-state index in [1.807, 2.05) is 13.8 Å². The van der Waals surface area contributed by atoms with Crippen LogP contribution in [0.4, 0.5) is 0 Å². The van der Waals surface area contributed by atoms with Crippen molar-refractivity contribution >= 4 is 5.52 Å². The van der Waals surface area contributed by atoms with Crippen LogP contribution < -0.4 is 11.4 Å². The quantitative estimate of drug-likeness (QED) is 0.620. The van der Waals surface area contributed by atoms with E-state index in [9.17, 15) is 9.59 Å². The maximum atomic E-state index is 11.0. The van der Waals surface area contributed by atoms with Gasteiger partial charge in [-0.3, -0.25) is 0 Å². The van der Waals surface area contributed by atoms with Crippen LogP contribution in [0, 0.1) is 0 Å². The summed E-state index contributed by atoms with van der Waals surface area (Å²) in [6, 6.07) is 3.26. The lowest BCUT2D eigenvalue weighted by atomic mass is 10.5. The predicted molar refractivity (Wildman–Crippen MR) is 52.5 cm³/mol. The van der Waals surface area contributed by atoms with Gasteiger partial charge in [0.1, 0.15) is 5.52 Å². The first-order valence-corrected chi connectivity index (χ1v) is 4.37. The van der Waals surface area contributed by atoms with Crippen LogP contribution in [0.5, 0.6) is 0 Å². The lowest BCUT2D eigenvalue weighted by molar-refractivity contribution is 0.389. The summed E-state index contributed by atoms with van der Waals surface area (Å²) in [5, 5.41) is 0. The van der Waals surface area contributed by atoms with Crippen LogP contribution >= 0.6 is 0 Å². The highest BCUT2D eigenvalue weighted by Gasteiger charge is 2.03. The standard InChI is InChI=1S/C7H6N2O3.C2H6/c1-8-7(11)12-6(10)5-3-2-4-9(5)8;1-2/h2-4H,1H3;1-2H3. The monoisotopic (exact) mass is 196 g/mol. The zero-order chi connectivity index (χ0) is 10.7. The van der Waals surface area contributed by atoms with Gasteiger partial charge in [0, 0.05) is 13.2 Å². The average molecular weight is 196 g/mol. The fourth-order valence-electron chi connectivity index (χ4n) is 1.08. The number of fused-ring (bicyclic) bond motifs is 1. The summed E-state index contributed by atoms with van der Waals surface area (Å²) < 4.78 is 7.07. The topological polar surface area (TPSA) is 56.6 Å². The molecular formula is C9H12N2O3. The third kappa shape index (κ3) is 1.48. The van der Waals surface area contributed by atoms with Crippen LogP contribution in [0.15, 0.2) is 32.3 Å². The highest BCUT2D eigenvalue weighted by molar-refractivity contribution is 5.42. The van der Waals surface area contributed by atoms with Crippen LogP contribution in [0.2, 0.25) is 0 Å². The number of hydrogen-bond acceptors (Lipinski definition) is 3. The summed E-state index contributed by atoms with van der Waals surface area (Å²) in [5.74, 6) is -0.663. The fraction of sp³-hybridized carbons (Fsp3) is 0.333. The second kappa shape index (κ2) is 3.95. The Hall–Kier alpha value is -1.78. The van der Waals surface area contributed by atoms with E-state index in [2.05, 4.69) is 4.42 Å². The van der Waals surface area contributed by atoms with Crippen molar-refractivity contribution < 1.29 is 4.42 Å². The molecule has 2 heterocycles. The fourth-order valence-corrected chi connectivity index (χ4v) is 1.08. The molecule has 0 spiro atoms. The van der Waals surface area contributed by atoms with Gasteiger partial charge in [-0.15, -0.1) is 0 Å². The maximum Gasteiger partial charge on any atom is 0.436 e.